The van der Waals surface area contributed by atoms with E-state index in [4.69, 9.17) is 14.2 Å². The minimum absolute atomic E-state index is 0. The van der Waals surface area contributed by atoms with Gasteiger partial charge < -0.3 is 24.8 Å². The highest BCUT2D eigenvalue weighted by atomic mass is 35.5. The van der Waals surface area contributed by atoms with Crippen molar-refractivity contribution >= 4 is 46.1 Å². The molecule has 2 N–H and O–H groups in total. The number of aromatic nitrogens is 2. The number of hydrogen-bond donors (Lipinski definition) is 2. The third-order valence-electron chi connectivity index (χ3n) is 7.40. The largest absolute Gasteiger partial charge is 0.488 e. The summed E-state index contributed by atoms with van der Waals surface area (Å²) in [6.07, 6.45) is 3.32. The molecule has 16 heteroatoms. The molecule has 0 saturated carbocycles. The number of carbonyl (C=O) groups is 2. The van der Waals surface area contributed by atoms with Gasteiger partial charge in [0, 0.05) is 6.07 Å². The molecule has 13 nitrogen and oxygen atoms in total. The van der Waals surface area contributed by atoms with Gasteiger partial charge in [0.1, 0.15) is 23.8 Å². The van der Waals surface area contributed by atoms with Crippen LogP contribution >= 0.6 is 12.4 Å². The van der Waals surface area contributed by atoms with E-state index in [-0.39, 0.29) is 79.5 Å². The standard InChI is InChI=1S/C25H29FN6O7S.ClH/c1-40(35,36)31-10-18(11-31)38-17-6-15-4-14(5-19(15)20(26)7-17)8-27-3-2-16-12-32(25(34)39-16)21-9-28-24-23(29-21)30-22(33)13-37-24;/h6-7,9,14,16,18,27H,2-5,8,10-13H2,1H3,(H,29,30,33);1H. The van der Waals surface area contributed by atoms with Crippen molar-refractivity contribution in [1.29, 1.82) is 0 Å². The average Bonchev–Trinajstić information content (AvgIpc) is 3.45. The molecule has 0 spiro atoms. The van der Waals surface area contributed by atoms with E-state index in [1.54, 1.807) is 0 Å². The van der Waals surface area contributed by atoms with Gasteiger partial charge in [-0.05, 0) is 55.5 Å². The van der Waals surface area contributed by atoms with Gasteiger partial charge in [-0.2, -0.15) is 4.31 Å². The van der Waals surface area contributed by atoms with Gasteiger partial charge in [-0.1, -0.05) is 0 Å². The van der Waals surface area contributed by atoms with E-state index in [9.17, 15) is 22.4 Å². The van der Waals surface area contributed by atoms with E-state index < -0.39 is 16.1 Å². The summed E-state index contributed by atoms with van der Waals surface area (Å²) in [5, 5.41) is 5.96. The summed E-state index contributed by atoms with van der Waals surface area (Å²) >= 11 is 0. The van der Waals surface area contributed by atoms with Crippen LogP contribution in [0.4, 0.5) is 20.8 Å². The van der Waals surface area contributed by atoms with Crippen LogP contribution in [0.15, 0.2) is 18.3 Å². The maximum absolute atomic E-state index is 14.8. The molecule has 0 radical (unpaired) electrons. The van der Waals surface area contributed by atoms with Crippen LogP contribution in [0, 0.1) is 11.7 Å². The highest BCUT2D eigenvalue weighted by Crippen LogP contribution is 2.33. The topological polar surface area (TPSA) is 152 Å². The van der Waals surface area contributed by atoms with Crippen molar-refractivity contribution in [3.63, 3.8) is 0 Å². The molecule has 2 amide bonds. The third-order valence-corrected chi connectivity index (χ3v) is 8.64. The first-order chi connectivity index (χ1) is 19.1. The Kier molecular flexibility index (Phi) is 8.23. The number of rotatable bonds is 9. The van der Waals surface area contributed by atoms with Crippen LogP contribution in [-0.4, -0.2) is 92.5 Å². The first-order valence-corrected chi connectivity index (χ1v) is 14.9. The minimum atomic E-state index is -3.23. The molecule has 0 bridgehead atoms. The third kappa shape index (κ3) is 6.32. The van der Waals surface area contributed by atoms with Crippen LogP contribution in [-0.2, 0) is 32.4 Å². The molecular formula is C25H30ClFN6O7S. The molecule has 1 aliphatic carbocycles. The van der Waals surface area contributed by atoms with Gasteiger partial charge in [0.25, 0.3) is 11.8 Å². The fraction of sp³-hybridized carbons (Fsp3) is 0.520. The lowest BCUT2D eigenvalue weighted by Crippen LogP contribution is -2.55. The summed E-state index contributed by atoms with van der Waals surface area (Å²) in [6, 6.07) is 3.24. The smallest absolute Gasteiger partial charge is 0.415 e. The first kappa shape index (κ1) is 29.2. The zero-order valence-corrected chi connectivity index (χ0v) is 23.8. The zero-order valence-electron chi connectivity index (χ0n) is 22.2. The number of sulfonamides is 1. The van der Waals surface area contributed by atoms with E-state index >= 15 is 0 Å². The summed E-state index contributed by atoms with van der Waals surface area (Å²) < 4.78 is 55.7. The van der Waals surface area contributed by atoms with Crippen molar-refractivity contribution in [3.8, 4) is 11.6 Å². The second-order valence-electron chi connectivity index (χ2n) is 10.5. The van der Waals surface area contributed by atoms with Crippen molar-refractivity contribution in [3.05, 3.63) is 35.3 Å². The lowest BCUT2D eigenvalue weighted by molar-refractivity contribution is -0.118. The lowest BCUT2D eigenvalue weighted by atomic mass is 10.1. The second kappa shape index (κ2) is 11.5. The highest BCUT2D eigenvalue weighted by Gasteiger charge is 2.36. The van der Waals surface area contributed by atoms with Gasteiger partial charge in [0.05, 0.1) is 32.1 Å². The fourth-order valence-electron chi connectivity index (χ4n) is 5.32. The maximum atomic E-state index is 14.8. The van der Waals surface area contributed by atoms with Crippen LogP contribution in [0.5, 0.6) is 11.6 Å². The van der Waals surface area contributed by atoms with Crippen LogP contribution in [0.2, 0.25) is 0 Å². The molecule has 2 fully saturated rings. The SMILES string of the molecule is CS(=O)(=O)N1CC(Oc2cc(F)c3c(c2)CC(CNCCC2CN(c4cnc5c(n4)NC(=O)CO5)C(=O)O2)C3)C1.Cl. The molecule has 222 valence electrons. The molecular weight excluding hydrogens is 583 g/mol. The number of fused-ring (bicyclic) bond motifs is 2. The Bertz CT molecular complexity index is 1460. The number of carbonyl (C=O) groups excluding carboxylic acids is 2. The number of benzene rings is 1. The molecule has 4 heterocycles. The number of hydrogen-bond acceptors (Lipinski definition) is 10. The van der Waals surface area contributed by atoms with Gasteiger partial charge in [-0.3, -0.25) is 9.69 Å². The van der Waals surface area contributed by atoms with Crippen LogP contribution in [0.3, 0.4) is 0 Å². The molecule has 2 aromatic rings. The summed E-state index contributed by atoms with van der Waals surface area (Å²) in [5.74, 6) is 0.636. The van der Waals surface area contributed by atoms with Crippen LogP contribution in [0.25, 0.3) is 0 Å². The summed E-state index contributed by atoms with van der Waals surface area (Å²) in [4.78, 5) is 33.7. The monoisotopic (exact) mass is 612 g/mol. The second-order valence-corrected chi connectivity index (χ2v) is 12.4. The number of anilines is 2. The normalized spacial score (nSPS) is 22.1. The maximum Gasteiger partial charge on any atom is 0.415 e. The summed E-state index contributed by atoms with van der Waals surface area (Å²) in [5.41, 5.74) is 1.60. The molecule has 2 unspecified atom stereocenters. The van der Waals surface area contributed by atoms with Gasteiger partial charge in [0.2, 0.25) is 10.0 Å². The number of amides is 2. The Hall–Kier alpha value is -3.27. The zero-order chi connectivity index (χ0) is 28.0. The number of nitrogens with zero attached hydrogens (tertiary/aromatic N) is 4. The Labute approximate surface area is 242 Å². The molecule has 3 aliphatic heterocycles. The molecule has 2 atom stereocenters. The van der Waals surface area contributed by atoms with Gasteiger partial charge in [-0.15, -0.1) is 12.4 Å². The van der Waals surface area contributed by atoms with Crippen molar-refractivity contribution in [2.24, 2.45) is 5.92 Å². The first-order valence-electron chi connectivity index (χ1n) is 13.0. The van der Waals surface area contributed by atoms with Gasteiger partial charge >= 0.3 is 6.09 Å². The molecule has 2 saturated heterocycles. The summed E-state index contributed by atoms with van der Waals surface area (Å²) in [6.45, 7) is 1.99. The van der Waals surface area contributed by atoms with Crippen LogP contribution < -0.4 is 25.0 Å². The minimum Gasteiger partial charge on any atom is -0.488 e. The summed E-state index contributed by atoms with van der Waals surface area (Å²) in [7, 11) is -3.23. The predicted molar refractivity (Wildman–Crippen MR) is 147 cm³/mol. The average molecular weight is 613 g/mol. The predicted octanol–water partition coefficient (Wildman–Crippen LogP) is 1.11. The molecule has 6 rings (SSSR count). The van der Waals surface area contributed by atoms with Crippen molar-refractivity contribution in [1.82, 2.24) is 19.6 Å². The Morgan fingerprint density at radius 3 is 2.80 bits per heavy atom. The molecule has 4 aliphatic rings. The van der Waals surface area contributed by atoms with E-state index in [1.807, 2.05) is 6.07 Å². The fourth-order valence-corrected chi connectivity index (χ4v) is 6.19. The number of halogens is 2. The van der Waals surface area contributed by atoms with Gasteiger partial charge in [0.15, 0.2) is 18.2 Å². The van der Waals surface area contributed by atoms with Gasteiger partial charge in [-0.25, -0.2) is 27.6 Å². The van der Waals surface area contributed by atoms with Crippen LogP contribution in [0.1, 0.15) is 17.5 Å². The van der Waals surface area contributed by atoms with E-state index in [0.717, 1.165) is 11.8 Å². The highest BCUT2D eigenvalue weighted by molar-refractivity contribution is 7.88. The Balaban J connectivity index is 0.00000337. The lowest BCUT2D eigenvalue weighted by Gasteiger charge is -2.37. The Morgan fingerprint density at radius 2 is 2.02 bits per heavy atom. The van der Waals surface area contributed by atoms with E-state index in [2.05, 4.69) is 20.6 Å². The van der Waals surface area contributed by atoms with E-state index in [1.165, 1.54) is 21.5 Å². The van der Waals surface area contributed by atoms with Crippen molar-refractivity contribution in [2.45, 2.75) is 31.5 Å². The molecule has 41 heavy (non-hydrogen) atoms. The quantitative estimate of drug-likeness (QED) is 0.394. The van der Waals surface area contributed by atoms with Crippen molar-refractivity contribution in [2.75, 3.05) is 55.8 Å². The number of nitrogens with one attached hydrogen (secondary N) is 2. The van der Waals surface area contributed by atoms with E-state index in [0.29, 0.717) is 50.2 Å². The van der Waals surface area contributed by atoms with Crippen molar-refractivity contribution < 1.29 is 36.6 Å². The molecule has 1 aromatic heterocycles. The molecule has 1 aromatic carbocycles. The number of cyclic esters (lactones) is 1. The number of ether oxygens (including phenoxy) is 3. The Morgan fingerprint density at radius 1 is 1.22 bits per heavy atom.